The van der Waals surface area contributed by atoms with Gasteiger partial charge in [-0.3, -0.25) is 0 Å². The second-order valence-corrected chi connectivity index (χ2v) is 7.04. The quantitative estimate of drug-likeness (QED) is 0.467. The molecule has 0 aliphatic heterocycles. The van der Waals surface area contributed by atoms with Gasteiger partial charge >= 0.3 is 0 Å². The first kappa shape index (κ1) is 15.0. The standard InChI is InChI=1S/C15H32/c1-7-11-15(5,6)13-10-8-9-12-14(2,3)4/h7-13H2,1-6H3. The molecular formula is C15H32. The molecule has 92 valence electrons. The van der Waals surface area contributed by atoms with Crippen molar-refractivity contribution in [3.05, 3.63) is 0 Å². The fourth-order valence-corrected chi connectivity index (χ4v) is 2.24. The smallest absolute Gasteiger partial charge is 0.0354 e. The van der Waals surface area contributed by atoms with Crippen LogP contribution < -0.4 is 0 Å². The molecule has 0 aliphatic rings. The normalized spacial score (nSPS) is 13.2. The molecule has 0 saturated carbocycles. The van der Waals surface area contributed by atoms with Gasteiger partial charge in [-0.2, -0.15) is 0 Å². The molecule has 0 spiro atoms. The third kappa shape index (κ3) is 10.3. The summed E-state index contributed by atoms with van der Waals surface area (Å²) in [4.78, 5) is 0. The molecule has 0 heteroatoms. The molecule has 0 nitrogen and oxygen atoms in total. The molecule has 0 saturated heterocycles. The van der Waals surface area contributed by atoms with Crippen molar-refractivity contribution in [2.75, 3.05) is 0 Å². The van der Waals surface area contributed by atoms with E-state index in [9.17, 15) is 0 Å². The molecule has 15 heavy (non-hydrogen) atoms. The molecule has 0 fully saturated rings. The van der Waals surface area contributed by atoms with Crippen molar-refractivity contribution in [1.29, 1.82) is 0 Å². The SMILES string of the molecule is CCCC(C)(C)CCCCCC(C)(C)C. The van der Waals surface area contributed by atoms with Gasteiger partial charge in [-0.15, -0.1) is 0 Å². The Morgan fingerprint density at radius 3 is 1.67 bits per heavy atom. The highest BCUT2D eigenvalue weighted by Gasteiger charge is 2.16. The van der Waals surface area contributed by atoms with Crippen LogP contribution in [0.15, 0.2) is 0 Å². The van der Waals surface area contributed by atoms with E-state index in [2.05, 4.69) is 41.5 Å². The lowest BCUT2D eigenvalue weighted by Gasteiger charge is -2.24. The van der Waals surface area contributed by atoms with Gasteiger partial charge in [-0.25, -0.2) is 0 Å². The molecule has 0 atom stereocenters. The van der Waals surface area contributed by atoms with Crippen LogP contribution in [0.4, 0.5) is 0 Å². The summed E-state index contributed by atoms with van der Waals surface area (Å²) in [5.74, 6) is 0. The molecule has 0 radical (unpaired) electrons. The van der Waals surface area contributed by atoms with Crippen LogP contribution in [0.1, 0.15) is 86.5 Å². The lowest BCUT2D eigenvalue weighted by molar-refractivity contribution is 0.284. The highest BCUT2D eigenvalue weighted by Crippen LogP contribution is 2.30. The molecular weight excluding hydrogens is 180 g/mol. The van der Waals surface area contributed by atoms with E-state index in [1.165, 1.54) is 44.9 Å². The maximum Gasteiger partial charge on any atom is -0.0354 e. The van der Waals surface area contributed by atoms with E-state index in [0.29, 0.717) is 10.8 Å². The molecule has 0 aromatic rings. The van der Waals surface area contributed by atoms with E-state index < -0.39 is 0 Å². The Balaban J connectivity index is 3.46. The number of hydrogen-bond acceptors (Lipinski definition) is 0. The molecule has 0 amide bonds. The van der Waals surface area contributed by atoms with E-state index >= 15 is 0 Å². The Labute approximate surface area is 97.8 Å². The van der Waals surface area contributed by atoms with Gasteiger partial charge in [0.2, 0.25) is 0 Å². The van der Waals surface area contributed by atoms with Gasteiger partial charge in [0.05, 0.1) is 0 Å². The molecule has 0 aromatic heterocycles. The van der Waals surface area contributed by atoms with Crippen molar-refractivity contribution in [3.63, 3.8) is 0 Å². The van der Waals surface area contributed by atoms with Crippen LogP contribution >= 0.6 is 0 Å². The topological polar surface area (TPSA) is 0 Å². The van der Waals surface area contributed by atoms with E-state index in [0.717, 1.165) is 0 Å². The predicted octanol–water partition coefficient (Wildman–Crippen LogP) is 5.81. The molecule has 0 aliphatic carbocycles. The Bertz CT molecular complexity index is 148. The highest BCUT2D eigenvalue weighted by molar-refractivity contribution is 4.68. The summed E-state index contributed by atoms with van der Waals surface area (Å²) in [6.45, 7) is 14.2. The predicted molar refractivity (Wildman–Crippen MR) is 71.2 cm³/mol. The van der Waals surface area contributed by atoms with Crippen LogP contribution in [0.3, 0.4) is 0 Å². The Morgan fingerprint density at radius 2 is 1.20 bits per heavy atom. The number of rotatable bonds is 7. The first-order chi connectivity index (χ1) is 6.77. The van der Waals surface area contributed by atoms with E-state index in [1.807, 2.05) is 0 Å². The van der Waals surface area contributed by atoms with Crippen molar-refractivity contribution in [2.24, 2.45) is 10.8 Å². The number of hydrogen-bond donors (Lipinski definition) is 0. The number of unbranched alkanes of at least 4 members (excludes halogenated alkanes) is 2. The minimum atomic E-state index is 0.527. The highest BCUT2D eigenvalue weighted by atomic mass is 14.2. The summed E-state index contributed by atoms with van der Waals surface area (Å²) >= 11 is 0. The maximum atomic E-state index is 2.42. The van der Waals surface area contributed by atoms with Crippen LogP contribution in [0, 0.1) is 10.8 Å². The summed E-state index contributed by atoms with van der Waals surface area (Å²) in [6.07, 6.45) is 9.74. The first-order valence-electron chi connectivity index (χ1n) is 6.77. The molecule has 0 heterocycles. The van der Waals surface area contributed by atoms with Gasteiger partial charge in [-0.1, -0.05) is 67.2 Å². The largest absolute Gasteiger partial charge is 0.0654 e. The zero-order valence-electron chi connectivity index (χ0n) is 11.9. The van der Waals surface area contributed by atoms with Crippen LogP contribution in [0.2, 0.25) is 0 Å². The van der Waals surface area contributed by atoms with Gasteiger partial charge in [0.15, 0.2) is 0 Å². The lowest BCUT2D eigenvalue weighted by atomic mass is 9.82. The van der Waals surface area contributed by atoms with Crippen LogP contribution in [-0.4, -0.2) is 0 Å². The van der Waals surface area contributed by atoms with Gasteiger partial charge < -0.3 is 0 Å². The molecule has 0 rings (SSSR count). The van der Waals surface area contributed by atoms with Gasteiger partial charge in [0, 0.05) is 0 Å². The zero-order valence-corrected chi connectivity index (χ0v) is 11.9. The Kier molecular flexibility index (Phi) is 6.55. The fraction of sp³-hybridized carbons (Fsp3) is 1.00. The second kappa shape index (κ2) is 6.55. The van der Waals surface area contributed by atoms with Crippen LogP contribution in [-0.2, 0) is 0 Å². The van der Waals surface area contributed by atoms with E-state index in [1.54, 1.807) is 0 Å². The Morgan fingerprint density at radius 1 is 0.667 bits per heavy atom. The summed E-state index contributed by atoms with van der Waals surface area (Å²) in [6, 6.07) is 0. The minimum absolute atomic E-state index is 0.527. The first-order valence-corrected chi connectivity index (χ1v) is 6.77. The summed E-state index contributed by atoms with van der Waals surface area (Å²) in [5.41, 5.74) is 1.11. The molecule has 0 unspecified atom stereocenters. The third-order valence-corrected chi connectivity index (χ3v) is 3.21. The molecule has 0 N–H and O–H groups in total. The van der Waals surface area contributed by atoms with E-state index in [4.69, 9.17) is 0 Å². The van der Waals surface area contributed by atoms with Crippen LogP contribution in [0.5, 0.6) is 0 Å². The minimum Gasteiger partial charge on any atom is -0.0654 e. The average molecular weight is 212 g/mol. The van der Waals surface area contributed by atoms with Crippen molar-refractivity contribution in [1.82, 2.24) is 0 Å². The summed E-state index contributed by atoms with van der Waals surface area (Å²) in [5, 5.41) is 0. The van der Waals surface area contributed by atoms with Gasteiger partial charge in [-0.05, 0) is 30.1 Å². The van der Waals surface area contributed by atoms with Crippen LogP contribution in [0.25, 0.3) is 0 Å². The van der Waals surface area contributed by atoms with Crippen molar-refractivity contribution in [3.8, 4) is 0 Å². The van der Waals surface area contributed by atoms with Crippen molar-refractivity contribution < 1.29 is 0 Å². The van der Waals surface area contributed by atoms with E-state index in [-0.39, 0.29) is 0 Å². The maximum absolute atomic E-state index is 2.42. The molecule has 0 aromatic carbocycles. The lowest BCUT2D eigenvalue weighted by Crippen LogP contribution is -2.10. The third-order valence-electron chi connectivity index (χ3n) is 3.21. The fourth-order valence-electron chi connectivity index (χ4n) is 2.24. The monoisotopic (exact) mass is 212 g/mol. The zero-order chi connectivity index (χ0) is 11.9. The summed E-state index contributed by atoms with van der Waals surface area (Å²) < 4.78 is 0. The average Bonchev–Trinajstić information content (AvgIpc) is 2.00. The second-order valence-electron chi connectivity index (χ2n) is 7.04. The molecule has 0 bridgehead atoms. The van der Waals surface area contributed by atoms with Crippen molar-refractivity contribution in [2.45, 2.75) is 86.5 Å². The van der Waals surface area contributed by atoms with Crippen molar-refractivity contribution >= 4 is 0 Å². The van der Waals surface area contributed by atoms with Gasteiger partial charge in [0.25, 0.3) is 0 Å². The Hall–Kier alpha value is 0. The summed E-state index contributed by atoms with van der Waals surface area (Å²) in [7, 11) is 0. The van der Waals surface area contributed by atoms with Gasteiger partial charge in [0.1, 0.15) is 0 Å².